The lowest BCUT2D eigenvalue weighted by molar-refractivity contribution is -0.151. The quantitative estimate of drug-likeness (QED) is 0.744. The minimum absolute atomic E-state index is 0.458. The molecule has 0 heterocycles. The van der Waals surface area contributed by atoms with Crippen molar-refractivity contribution in [2.45, 2.75) is 58.1 Å². The van der Waals surface area contributed by atoms with Gasteiger partial charge in [-0.05, 0) is 26.3 Å². The van der Waals surface area contributed by atoms with Gasteiger partial charge in [-0.1, -0.05) is 26.2 Å². The number of aliphatic carboxylic acids is 1. The SMILES string of the molecule is CCOC(CN(CC)C1CCCCC1)C(=O)O. The maximum Gasteiger partial charge on any atom is 0.334 e. The molecule has 4 nitrogen and oxygen atoms in total. The molecule has 1 saturated carbocycles. The molecule has 4 heteroatoms. The summed E-state index contributed by atoms with van der Waals surface area (Å²) in [5.41, 5.74) is 0. The fraction of sp³-hybridized carbons (Fsp3) is 0.923. The van der Waals surface area contributed by atoms with E-state index in [0.29, 0.717) is 19.2 Å². The Morgan fingerprint density at radius 1 is 1.35 bits per heavy atom. The number of carboxylic acid groups (broad SMARTS) is 1. The van der Waals surface area contributed by atoms with Crippen molar-refractivity contribution >= 4 is 5.97 Å². The van der Waals surface area contributed by atoms with Crippen LogP contribution in [-0.2, 0) is 9.53 Å². The van der Waals surface area contributed by atoms with Gasteiger partial charge in [0, 0.05) is 19.2 Å². The molecule has 1 aliphatic rings. The molecule has 0 bridgehead atoms. The van der Waals surface area contributed by atoms with Crippen LogP contribution >= 0.6 is 0 Å². The smallest absolute Gasteiger partial charge is 0.334 e. The molecule has 0 amide bonds. The minimum atomic E-state index is -0.846. The Kier molecular flexibility index (Phi) is 6.52. The first-order valence-corrected chi connectivity index (χ1v) is 6.77. The van der Waals surface area contributed by atoms with Crippen LogP contribution in [0.15, 0.2) is 0 Å². The average molecular weight is 243 g/mol. The molecule has 0 aromatic rings. The molecule has 1 fully saturated rings. The van der Waals surface area contributed by atoms with Crippen LogP contribution in [0.25, 0.3) is 0 Å². The molecule has 0 spiro atoms. The van der Waals surface area contributed by atoms with Crippen LogP contribution in [0, 0.1) is 0 Å². The van der Waals surface area contributed by atoms with Crippen LogP contribution in [0.4, 0.5) is 0 Å². The average Bonchev–Trinajstić information content (AvgIpc) is 2.35. The van der Waals surface area contributed by atoms with Gasteiger partial charge in [0.05, 0.1) is 0 Å². The molecule has 0 radical (unpaired) electrons. The zero-order chi connectivity index (χ0) is 12.7. The van der Waals surface area contributed by atoms with Crippen molar-refractivity contribution in [2.75, 3.05) is 19.7 Å². The van der Waals surface area contributed by atoms with Crippen molar-refractivity contribution in [2.24, 2.45) is 0 Å². The Hall–Kier alpha value is -0.610. The van der Waals surface area contributed by atoms with Crippen LogP contribution in [-0.4, -0.2) is 47.8 Å². The third-order valence-corrected chi connectivity index (χ3v) is 3.54. The van der Waals surface area contributed by atoms with Crippen molar-refractivity contribution in [1.82, 2.24) is 4.90 Å². The van der Waals surface area contributed by atoms with E-state index in [0.717, 1.165) is 6.54 Å². The van der Waals surface area contributed by atoms with Gasteiger partial charge in [0.15, 0.2) is 6.10 Å². The lowest BCUT2D eigenvalue weighted by Gasteiger charge is -2.34. The highest BCUT2D eigenvalue weighted by atomic mass is 16.5. The molecule has 1 N–H and O–H groups in total. The third-order valence-electron chi connectivity index (χ3n) is 3.54. The second-order valence-corrected chi connectivity index (χ2v) is 4.66. The van der Waals surface area contributed by atoms with Gasteiger partial charge in [-0.2, -0.15) is 0 Å². The predicted octanol–water partition coefficient (Wildman–Crippen LogP) is 2.13. The number of hydrogen-bond donors (Lipinski definition) is 1. The summed E-state index contributed by atoms with van der Waals surface area (Å²) in [6.45, 7) is 5.82. The number of nitrogens with zero attached hydrogens (tertiary/aromatic N) is 1. The molecule has 1 rings (SSSR count). The summed E-state index contributed by atoms with van der Waals surface area (Å²) < 4.78 is 5.29. The van der Waals surface area contributed by atoms with E-state index in [-0.39, 0.29) is 0 Å². The van der Waals surface area contributed by atoms with Gasteiger partial charge in [0.2, 0.25) is 0 Å². The second kappa shape index (κ2) is 7.67. The van der Waals surface area contributed by atoms with Crippen LogP contribution in [0.5, 0.6) is 0 Å². The van der Waals surface area contributed by atoms with E-state index in [1.807, 2.05) is 6.92 Å². The highest BCUT2D eigenvalue weighted by Gasteiger charge is 2.26. The normalized spacial score (nSPS) is 19.5. The monoisotopic (exact) mass is 243 g/mol. The largest absolute Gasteiger partial charge is 0.479 e. The number of likely N-dealkylation sites (N-methyl/N-ethyl adjacent to an activating group) is 1. The molecule has 0 saturated heterocycles. The number of rotatable bonds is 7. The highest BCUT2D eigenvalue weighted by molar-refractivity contribution is 5.72. The minimum Gasteiger partial charge on any atom is -0.479 e. The summed E-state index contributed by atoms with van der Waals surface area (Å²) in [5.74, 6) is -0.846. The van der Waals surface area contributed by atoms with E-state index in [1.54, 1.807) is 0 Å². The fourth-order valence-electron chi connectivity index (χ4n) is 2.60. The standard InChI is InChI=1S/C13H25NO3/c1-3-14(11-8-6-5-7-9-11)10-12(13(15)16)17-4-2/h11-12H,3-10H2,1-2H3,(H,15,16). The molecule has 100 valence electrons. The van der Waals surface area contributed by atoms with Gasteiger partial charge in [-0.25, -0.2) is 4.79 Å². The first-order chi connectivity index (χ1) is 8.19. The van der Waals surface area contributed by atoms with Crippen molar-refractivity contribution in [3.63, 3.8) is 0 Å². The topological polar surface area (TPSA) is 49.8 Å². The highest BCUT2D eigenvalue weighted by Crippen LogP contribution is 2.22. The van der Waals surface area contributed by atoms with E-state index in [1.165, 1.54) is 32.1 Å². The summed E-state index contributed by atoms with van der Waals surface area (Å²) in [7, 11) is 0. The summed E-state index contributed by atoms with van der Waals surface area (Å²) in [5, 5.41) is 9.10. The summed E-state index contributed by atoms with van der Waals surface area (Å²) in [6, 6.07) is 0.552. The van der Waals surface area contributed by atoms with Gasteiger partial charge in [-0.3, -0.25) is 4.90 Å². The Balaban J connectivity index is 2.50. The van der Waals surface area contributed by atoms with Crippen LogP contribution in [0.3, 0.4) is 0 Å². The summed E-state index contributed by atoms with van der Waals surface area (Å²) >= 11 is 0. The Bertz CT molecular complexity index is 227. The fourth-order valence-corrected chi connectivity index (χ4v) is 2.60. The summed E-state index contributed by atoms with van der Waals surface area (Å²) in [4.78, 5) is 13.3. The Morgan fingerprint density at radius 2 is 2.00 bits per heavy atom. The van der Waals surface area contributed by atoms with Crippen LogP contribution < -0.4 is 0 Å². The van der Waals surface area contributed by atoms with E-state index in [4.69, 9.17) is 9.84 Å². The lowest BCUT2D eigenvalue weighted by Crippen LogP contribution is -2.44. The van der Waals surface area contributed by atoms with E-state index >= 15 is 0 Å². The van der Waals surface area contributed by atoms with Crippen molar-refractivity contribution in [1.29, 1.82) is 0 Å². The second-order valence-electron chi connectivity index (χ2n) is 4.66. The molecule has 0 aromatic carbocycles. The van der Waals surface area contributed by atoms with Gasteiger partial charge >= 0.3 is 5.97 Å². The van der Waals surface area contributed by atoms with Gasteiger partial charge < -0.3 is 9.84 Å². The van der Waals surface area contributed by atoms with E-state index in [2.05, 4.69) is 11.8 Å². The number of carboxylic acids is 1. The van der Waals surface area contributed by atoms with Crippen LogP contribution in [0.2, 0.25) is 0 Å². The maximum atomic E-state index is 11.1. The zero-order valence-corrected chi connectivity index (χ0v) is 11.0. The molecule has 1 aliphatic carbocycles. The number of carbonyl (C=O) groups is 1. The number of hydrogen-bond acceptors (Lipinski definition) is 3. The molecule has 1 unspecified atom stereocenters. The van der Waals surface area contributed by atoms with E-state index in [9.17, 15) is 4.79 Å². The Morgan fingerprint density at radius 3 is 2.47 bits per heavy atom. The van der Waals surface area contributed by atoms with Gasteiger partial charge in [-0.15, -0.1) is 0 Å². The van der Waals surface area contributed by atoms with Crippen molar-refractivity contribution in [3.8, 4) is 0 Å². The maximum absolute atomic E-state index is 11.1. The molecule has 1 atom stereocenters. The first-order valence-electron chi connectivity index (χ1n) is 6.77. The first kappa shape index (κ1) is 14.5. The molecular weight excluding hydrogens is 218 g/mol. The molecular formula is C13H25NO3. The number of ether oxygens (including phenoxy) is 1. The molecule has 0 aliphatic heterocycles. The van der Waals surface area contributed by atoms with Crippen LogP contribution in [0.1, 0.15) is 46.0 Å². The predicted molar refractivity (Wildman–Crippen MR) is 67.2 cm³/mol. The van der Waals surface area contributed by atoms with Crippen molar-refractivity contribution < 1.29 is 14.6 Å². The van der Waals surface area contributed by atoms with E-state index < -0.39 is 12.1 Å². The third kappa shape index (κ3) is 4.64. The van der Waals surface area contributed by atoms with Crippen molar-refractivity contribution in [3.05, 3.63) is 0 Å². The van der Waals surface area contributed by atoms with Gasteiger partial charge in [0.25, 0.3) is 0 Å². The lowest BCUT2D eigenvalue weighted by atomic mass is 9.94. The zero-order valence-electron chi connectivity index (χ0n) is 11.0. The Labute approximate surface area is 104 Å². The summed E-state index contributed by atoms with van der Waals surface area (Å²) in [6.07, 6.45) is 5.59. The molecule has 17 heavy (non-hydrogen) atoms. The van der Waals surface area contributed by atoms with Gasteiger partial charge in [0.1, 0.15) is 0 Å². The molecule has 0 aromatic heterocycles.